The second kappa shape index (κ2) is 15.3. The Hall–Kier alpha value is -2.55. The minimum absolute atomic E-state index is 0.0464. The first-order valence-electron chi connectivity index (χ1n) is 21.5. The summed E-state index contributed by atoms with van der Waals surface area (Å²) in [5.41, 5.74) is 1.83. The third-order valence-corrected chi connectivity index (χ3v) is 16.2. The molecule has 8 nitrogen and oxygen atoms in total. The molecule has 4 fully saturated rings. The van der Waals surface area contributed by atoms with Crippen LogP contribution in [0.1, 0.15) is 125 Å². The minimum Gasteiger partial charge on any atom is -0.481 e. The molecule has 6 rings (SSSR count). The number of carboxylic acid groups (broad SMARTS) is 1. The van der Waals surface area contributed by atoms with Crippen LogP contribution in [0.5, 0.6) is 0 Å². The van der Waals surface area contributed by atoms with Crippen molar-refractivity contribution in [3.8, 4) is 0 Å². The number of ether oxygens (including phenoxy) is 1. The van der Waals surface area contributed by atoms with Gasteiger partial charge in [0.25, 0.3) is 0 Å². The maximum Gasteiger partial charge on any atom is 0.309 e. The van der Waals surface area contributed by atoms with E-state index in [0.29, 0.717) is 30.7 Å². The molecule has 0 heterocycles. The molecule has 1 aromatic carbocycles. The Kier molecular flexibility index (Phi) is 11.7. The van der Waals surface area contributed by atoms with Gasteiger partial charge in [-0.25, -0.2) is 0 Å². The van der Waals surface area contributed by atoms with Crippen molar-refractivity contribution in [3.63, 3.8) is 0 Å². The number of ketones is 1. The van der Waals surface area contributed by atoms with Crippen molar-refractivity contribution in [2.45, 2.75) is 138 Å². The minimum atomic E-state index is -1.16. The molecule has 306 valence electrons. The van der Waals surface area contributed by atoms with Gasteiger partial charge >= 0.3 is 11.9 Å². The van der Waals surface area contributed by atoms with E-state index in [1.165, 1.54) is 11.1 Å². The van der Waals surface area contributed by atoms with Crippen molar-refractivity contribution < 1.29 is 29.3 Å². The third kappa shape index (κ3) is 7.51. The van der Waals surface area contributed by atoms with Crippen LogP contribution in [0.15, 0.2) is 41.5 Å². The first-order chi connectivity index (χ1) is 25.7. The number of likely N-dealkylation sites (N-methyl/N-ethyl adjacent to an activating group) is 1. The van der Waals surface area contributed by atoms with Gasteiger partial charge in [0.2, 0.25) is 0 Å². The lowest BCUT2D eigenvalue weighted by Gasteiger charge is -2.68. The van der Waals surface area contributed by atoms with Gasteiger partial charge < -0.3 is 19.8 Å². The number of rotatable bonds is 13. The average molecular weight is 761 g/mol. The topological polar surface area (TPSA) is 107 Å². The molecule has 0 saturated heterocycles. The zero-order chi connectivity index (χ0) is 40.3. The van der Waals surface area contributed by atoms with E-state index in [-0.39, 0.29) is 46.4 Å². The summed E-state index contributed by atoms with van der Waals surface area (Å²) < 4.78 is 6.17. The van der Waals surface area contributed by atoms with Gasteiger partial charge in [-0.3, -0.25) is 19.3 Å². The molecule has 1 aromatic rings. The fourth-order valence-corrected chi connectivity index (χ4v) is 13.2. The lowest BCUT2D eigenvalue weighted by Crippen LogP contribution is -2.62. The summed E-state index contributed by atoms with van der Waals surface area (Å²) in [6.45, 7) is 20.2. The molecular formula is C47H72N2O6. The summed E-state index contributed by atoms with van der Waals surface area (Å²) in [5, 5.41) is 22.2. The van der Waals surface area contributed by atoms with Crippen LogP contribution in [0.2, 0.25) is 0 Å². The number of hydrogen-bond donors (Lipinski definition) is 2. The van der Waals surface area contributed by atoms with Crippen LogP contribution >= 0.6 is 0 Å². The Labute approximate surface area is 331 Å². The van der Waals surface area contributed by atoms with Crippen molar-refractivity contribution in [2.24, 2.45) is 56.7 Å². The number of aliphatic hydroxyl groups is 1. The summed E-state index contributed by atoms with van der Waals surface area (Å²) in [7, 11) is 4.20. The molecule has 0 aliphatic heterocycles. The Morgan fingerprint density at radius 1 is 0.909 bits per heavy atom. The van der Waals surface area contributed by atoms with Crippen LogP contribution < -0.4 is 0 Å². The maximum atomic E-state index is 14.2. The zero-order valence-electron chi connectivity index (χ0n) is 35.7. The highest BCUT2D eigenvalue weighted by atomic mass is 16.5. The molecule has 0 unspecified atom stereocenters. The van der Waals surface area contributed by atoms with Gasteiger partial charge in [0, 0.05) is 43.4 Å². The summed E-state index contributed by atoms with van der Waals surface area (Å²) in [5.74, 6) is 0.730. The van der Waals surface area contributed by atoms with Crippen LogP contribution in [0.25, 0.3) is 0 Å². The van der Waals surface area contributed by atoms with Gasteiger partial charge in [-0.05, 0) is 131 Å². The van der Waals surface area contributed by atoms with E-state index in [0.717, 1.165) is 76.6 Å². The smallest absolute Gasteiger partial charge is 0.309 e. The molecule has 0 amide bonds. The van der Waals surface area contributed by atoms with Gasteiger partial charge in [0.1, 0.15) is 6.10 Å². The molecule has 2 N–H and O–H groups in total. The summed E-state index contributed by atoms with van der Waals surface area (Å²) >= 11 is 0. The molecule has 8 heteroatoms. The quantitative estimate of drug-likeness (QED) is 0.193. The van der Waals surface area contributed by atoms with E-state index in [4.69, 9.17) is 4.74 Å². The Bertz CT molecular complexity index is 1630. The maximum absolute atomic E-state index is 14.2. The number of allylic oxidation sites excluding steroid dienone is 1. The summed E-state index contributed by atoms with van der Waals surface area (Å²) in [6, 6.07) is 10.5. The number of carboxylic acids is 1. The van der Waals surface area contributed by atoms with Crippen molar-refractivity contribution in [1.82, 2.24) is 9.80 Å². The molecule has 5 aliphatic rings. The number of aliphatic carboxylic acids is 1. The Morgan fingerprint density at radius 2 is 1.56 bits per heavy atom. The van der Waals surface area contributed by atoms with Crippen LogP contribution in [0, 0.1) is 56.7 Å². The predicted octanol–water partition coefficient (Wildman–Crippen LogP) is 8.41. The number of carbonyl (C=O) groups is 3. The van der Waals surface area contributed by atoms with E-state index in [1.807, 2.05) is 6.07 Å². The lowest BCUT2D eigenvalue weighted by atomic mass is 9.37. The number of benzene rings is 1. The zero-order valence-corrected chi connectivity index (χ0v) is 35.7. The molecule has 5 aliphatic carbocycles. The molecule has 0 spiro atoms. The summed E-state index contributed by atoms with van der Waals surface area (Å²) in [4.78, 5) is 43.7. The molecule has 4 saturated carbocycles. The van der Waals surface area contributed by atoms with Crippen LogP contribution in [-0.2, 0) is 25.7 Å². The number of carbonyl (C=O) groups excluding carboxylic acids is 2. The molecule has 0 aromatic heterocycles. The lowest BCUT2D eigenvalue weighted by molar-refractivity contribution is -0.205. The second-order valence-corrected chi connectivity index (χ2v) is 21.0. The van der Waals surface area contributed by atoms with E-state index in [2.05, 4.69) is 89.7 Å². The van der Waals surface area contributed by atoms with E-state index >= 15 is 0 Å². The van der Waals surface area contributed by atoms with Crippen molar-refractivity contribution in [1.29, 1.82) is 0 Å². The highest BCUT2D eigenvalue weighted by Crippen LogP contribution is 2.73. The SMILES string of the molecule is CC(C)C1=C2[C@H]3CC[C@H]4[C@@H](CC[C@H]5C(C)(C)[C@@H](OC(=O)CC(C)(C)C(=O)O)CC[C@]45C)[C@]3(C)CC[C@@]2([C@@H](O)CN(CCN(C)C)Cc2ccccc2)CC1=O. The molecule has 0 bridgehead atoms. The highest BCUT2D eigenvalue weighted by molar-refractivity contribution is 6.00. The van der Waals surface area contributed by atoms with Crippen LogP contribution in [0.3, 0.4) is 0 Å². The predicted molar refractivity (Wildman–Crippen MR) is 217 cm³/mol. The number of fused-ring (bicyclic) bond motifs is 7. The number of hydrogen-bond acceptors (Lipinski definition) is 7. The number of aliphatic hydroxyl groups excluding tert-OH is 1. The Morgan fingerprint density at radius 3 is 2.20 bits per heavy atom. The van der Waals surface area contributed by atoms with Crippen LogP contribution in [0.4, 0.5) is 0 Å². The standard InChI is InChI=1S/C47H72N2O6/c1-30(2)40-35(50)26-47(37(51)29-49(25-24-48(9)10)28-31-14-12-11-13-15-31)23-22-45(7)32-18-19-36-44(5,6)38(55-39(52)27-43(3,4)42(53)54)20-21-46(36,8)33(32)16-17-34(45)41(40)47/h11-15,30,32-34,36-38,51H,16-29H2,1-10H3,(H,53,54)/t32-,33+,34-,36+,37+,38+,45+,46-,47+/m1/s1. The van der Waals surface area contributed by atoms with E-state index < -0.39 is 28.9 Å². The van der Waals surface area contributed by atoms with Gasteiger partial charge in [0.15, 0.2) is 5.78 Å². The fourth-order valence-electron chi connectivity index (χ4n) is 13.2. The molecule has 0 radical (unpaired) electrons. The highest BCUT2D eigenvalue weighted by Gasteiger charge is 2.67. The van der Waals surface area contributed by atoms with Crippen LogP contribution in [-0.4, -0.2) is 83.7 Å². The van der Waals surface area contributed by atoms with Crippen molar-refractivity contribution >= 4 is 17.7 Å². The average Bonchev–Trinajstić information content (AvgIpc) is 3.42. The largest absolute Gasteiger partial charge is 0.481 e. The van der Waals surface area contributed by atoms with Crippen molar-refractivity contribution in [2.75, 3.05) is 33.7 Å². The molecule has 9 atom stereocenters. The fraction of sp³-hybridized carbons (Fsp3) is 0.766. The molecular weight excluding hydrogens is 689 g/mol. The van der Waals surface area contributed by atoms with E-state index in [1.54, 1.807) is 13.8 Å². The van der Waals surface area contributed by atoms with Gasteiger partial charge in [-0.2, -0.15) is 0 Å². The number of esters is 1. The number of Topliss-reactive ketones (excluding diaryl/α,β-unsaturated/α-hetero) is 1. The normalized spacial score (nSPS) is 34.9. The second-order valence-electron chi connectivity index (χ2n) is 21.0. The van der Waals surface area contributed by atoms with Gasteiger partial charge in [0.05, 0.1) is 17.9 Å². The summed E-state index contributed by atoms with van der Waals surface area (Å²) in [6.07, 6.45) is 7.47. The van der Waals surface area contributed by atoms with Gasteiger partial charge in [-0.1, -0.05) is 77.4 Å². The van der Waals surface area contributed by atoms with Gasteiger partial charge in [-0.15, -0.1) is 0 Å². The molecule has 55 heavy (non-hydrogen) atoms. The first kappa shape index (κ1) is 42.1. The van der Waals surface area contributed by atoms with Crippen molar-refractivity contribution in [3.05, 3.63) is 47.0 Å². The Balaban J connectivity index is 1.26. The third-order valence-electron chi connectivity index (χ3n) is 16.2. The monoisotopic (exact) mass is 761 g/mol. The number of nitrogens with zero attached hydrogens (tertiary/aromatic N) is 2. The first-order valence-corrected chi connectivity index (χ1v) is 21.5. The van der Waals surface area contributed by atoms with E-state index in [9.17, 15) is 24.6 Å².